The molecule has 10 atom stereocenters. The smallest absolute Gasteiger partial charge is 0.145 e. The molecule has 0 radical (unpaired) electrons. The van der Waals surface area contributed by atoms with Gasteiger partial charge < -0.3 is 30.5 Å². The molecule has 0 unspecified atom stereocenters. The van der Waals surface area contributed by atoms with Gasteiger partial charge in [0.1, 0.15) is 12.5 Å². The van der Waals surface area contributed by atoms with Crippen molar-refractivity contribution in [3.8, 4) is 0 Å². The fraction of sp³-hybridized carbons (Fsp3) is 0.587. The molecule has 1 spiro atoms. The highest BCUT2D eigenvalue weighted by atomic mass is 16.5. The molecule has 3 aliphatic carbocycles. The van der Waals surface area contributed by atoms with Crippen LogP contribution < -0.4 is 10.6 Å². The van der Waals surface area contributed by atoms with Gasteiger partial charge in [0.15, 0.2) is 0 Å². The number of fused-ring (bicyclic) bond motifs is 5. The average molecular weight is 743 g/mol. The summed E-state index contributed by atoms with van der Waals surface area (Å²) in [6.45, 7) is 13.9. The first-order chi connectivity index (χ1) is 25.9. The molecule has 6 N–H and O–H groups in total. The van der Waals surface area contributed by atoms with Crippen LogP contribution in [0.2, 0.25) is 0 Å². The van der Waals surface area contributed by atoms with E-state index in [1.807, 2.05) is 33.9 Å². The van der Waals surface area contributed by atoms with Gasteiger partial charge in [-0.25, -0.2) is 0 Å². The first-order valence-corrected chi connectivity index (χ1v) is 20.2. The minimum atomic E-state index is -1.19. The molecule has 1 aliphatic heterocycles. The summed E-state index contributed by atoms with van der Waals surface area (Å²) in [5.41, 5.74) is 4.91. The van der Waals surface area contributed by atoms with Gasteiger partial charge >= 0.3 is 0 Å². The minimum absolute atomic E-state index is 0.0171. The lowest BCUT2D eigenvalue weighted by Crippen LogP contribution is -2.65. The van der Waals surface area contributed by atoms with Crippen molar-refractivity contribution >= 4 is 6.29 Å². The summed E-state index contributed by atoms with van der Waals surface area (Å²) in [6, 6.07) is 8.83. The van der Waals surface area contributed by atoms with Crippen molar-refractivity contribution in [2.45, 2.75) is 103 Å². The zero-order valence-corrected chi connectivity index (χ0v) is 33.3. The standard InChI is InChI=1S/C46H66N2O6/c1-7-54-29-39(13-8-10-30(2)37-15-14-31(3)44(52)48-33(5)24-34-11-9-12-35(25-34)26-37)40-18-20-46(43(40)51)42-36(19-23-49)16-17-38(41(42)32(4)28-50)27-45(46,53)21-22-47-6/h8-14,16-17,25,28,33,36-38,40,42-44,47-49,51-53H,2,7,15,18-24,26-27,29H2,1,3-6H3/b10-8+,31-14+,39-13-,41-32?/t33-,36-,37-,38-,40-,42-,43+,44+,45+,46+/m0/s1. The fourth-order valence-corrected chi connectivity index (χ4v) is 10.3. The Bertz CT molecular complexity index is 1630. The van der Waals surface area contributed by atoms with Crippen LogP contribution in [-0.2, 0) is 22.4 Å². The summed E-state index contributed by atoms with van der Waals surface area (Å²) in [5.74, 6) is -0.640. The van der Waals surface area contributed by atoms with Crippen LogP contribution in [0.3, 0.4) is 0 Å². The van der Waals surface area contributed by atoms with Crippen molar-refractivity contribution in [2.75, 3.05) is 33.4 Å². The normalized spacial score (nSPS) is 36.4. The number of ether oxygens (including phenoxy) is 1. The van der Waals surface area contributed by atoms with Crippen molar-refractivity contribution in [3.05, 3.63) is 106 Å². The largest absolute Gasteiger partial charge is 0.396 e. The van der Waals surface area contributed by atoms with Gasteiger partial charge in [-0.2, -0.15) is 0 Å². The molecule has 0 aromatic heterocycles. The molecule has 4 aliphatic rings. The van der Waals surface area contributed by atoms with E-state index >= 15 is 0 Å². The number of aliphatic hydroxyl groups excluding tert-OH is 3. The van der Waals surface area contributed by atoms with Crippen LogP contribution in [0.25, 0.3) is 0 Å². The van der Waals surface area contributed by atoms with E-state index in [0.29, 0.717) is 57.4 Å². The van der Waals surface area contributed by atoms with Crippen LogP contribution in [0.15, 0.2) is 95.2 Å². The predicted molar refractivity (Wildman–Crippen MR) is 217 cm³/mol. The Morgan fingerprint density at radius 1 is 1.19 bits per heavy atom. The number of carbonyl (C=O) groups is 1. The van der Waals surface area contributed by atoms with E-state index in [4.69, 9.17) is 4.74 Å². The quantitative estimate of drug-likeness (QED) is 0.0636. The number of hydrogen-bond acceptors (Lipinski definition) is 8. The van der Waals surface area contributed by atoms with Crippen LogP contribution in [0.5, 0.6) is 0 Å². The summed E-state index contributed by atoms with van der Waals surface area (Å²) in [4.78, 5) is 12.4. The predicted octanol–water partition coefficient (Wildman–Crippen LogP) is 5.93. The Labute approximate surface area is 323 Å². The number of carbonyl (C=O) groups excluding carboxylic acids is 1. The Hall–Kier alpha value is -2.95. The average Bonchev–Trinajstić information content (AvgIpc) is 3.50. The van der Waals surface area contributed by atoms with E-state index in [-0.39, 0.29) is 42.2 Å². The van der Waals surface area contributed by atoms with Crippen LogP contribution in [0.1, 0.15) is 77.3 Å². The Balaban J connectivity index is 1.49. The lowest BCUT2D eigenvalue weighted by Gasteiger charge is -2.61. The van der Waals surface area contributed by atoms with E-state index < -0.39 is 23.3 Å². The van der Waals surface area contributed by atoms with E-state index in [2.05, 4.69) is 78.8 Å². The van der Waals surface area contributed by atoms with Gasteiger partial charge in [-0.3, -0.25) is 10.1 Å². The van der Waals surface area contributed by atoms with Gasteiger partial charge in [-0.05, 0) is 138 Å². The zero-order valence-electron chi connectivity index (χ0n) is 33.3. The van der Waals surface area contributed by atoms with E-state index in [0.717, 1.165) is 47.8 Å². The minimum Gasteiger partial charge on any atom is -0.396 e. The molecule has 5 rings (SSSR count). The second kappa shape index (κ2) is 18.8. The third-order valence-electron chi connectivity index (χ3n) is 13.1. The van der Waals surface area contributed by atoms with Gasteiger partial charge in [0.05, 0.1) is 18.3 Å². The van der Waals surface area contributed by atoms with Gasteiger partial charge in [0.2, 0.25) is 0 Å². The Morgan fingerprint density at radius 2 is 1.94 bits per heavy atom. The van der Waals surface area contributed by atoms with Crippen LogP contribution in [0.4, 0.5) is 0 Å². The molecule has 2 saturated carbocycles. The summed E-state index contributed by atoms with van der Waals surface area (Å²) >= 11 is 0. The Morgan fingerprint density at radius 3 is 2.65 bits per heavy atom. The molecular weight excluding hydrogens is 677 g/mol. The number of aliphatic hydroxyl groups is 4. The summed E-state index contributed by atoms with van der Waals surface area (Å²) < 4.78 is 6.03. The van der Waals surface area contributed by atoms with E-state index in [9.17, 15) is 25.2 Å². The number of allylic oxidation sites excluding steroid dienone is 9. The molecule has 0 amide bonds. The zero-order chi connectivity index (χ0) is 39.0. The maximum atomic E-state index is 12.9. The number of hydrogen-bond donors (Lipinski definition) is 6. The molecule has 296 valence electrons. The number of nitrogens with one attached hydrogen (secondary N) is 2. The highest BCUT2D eigenvalue weighted by Crippen LogP contribution is 2.67. The summed E-state index contributed by atoms with van der Waals surface area (Å²) in [5, 5.41) is 53.2. The fourth-order valence-electron chi connectivity index (χ4n) is 10.3. The lowest BCUT2D eigenvalue weighted by atomic mass is 9.45. The van der Waals surface area contributed by atoms with Crippen LogP contribution >= 0.6 is 0 Å². The highest BCUT2D eigenvalue weighted by Gasteiger charge is 2.68. The van der Waals surface area contributed by atoms with Crippen LogP contribution in [-0.4, -0.2) is 84.1 Å². The van der Waals surface area contributed by atoms with Crippen LogP contribution in [0, 0.1) is 35.0 Å². The second-order valence-corrected chi connectivity index (χ2v) is 16.5. The second-order valence-electron chi connectivity index (χ2n) is 16.5. The first kappa shape index (κ1) is 42.2. The molecule has 8 nitrogen and oxygen atoms in total. The summed E-state index contributed by atoms with van der Waals surface area (Å²) in [6.07, 6.45) is 16.9. The monoisotopic (exact) mass is 742 g/mol. The number of aldehydes is 1. The molecule has 1 aromatic carbocycles. The highest BCUT2D eigenvalue weighted by molar-refractivity contribution is 5.74. The van der Waals surface area contributed by atoms with Gasteiger partial charge in [0, 0.05) is 36.5 Å². The molecule has 0 saturated heterocycles. The Kier molecular flexibility index (Phi) is 14.7. The van der Waals surface area contributed by atoms with Gasteiger partial charge in [-0.15, -0.1) is 0 Å². The van der Waals surface area contributed by atoms with Crippen molar-refractivity contribution in [1.29, 1.82) is 0 Å². The topological polar surface area (TPSA) is 131 Å². The third kappa shape index (κ3) is 8.86. The molecule has 54 heavy (non-hydrogen) atoms. The van der Waals surface area contributed by atoms with E-state index in [1.54, 1.807) is 0 Å². The van der Waals surface area contributed by atoms with Crippen molar-refractivity contribution < 1.29 is 30.0 Å². The lowest BCUT2D eigenvalue weighted by molar-refractivity contribution is -0.194. The number of rotatable bonds is 13. The third-order valence-corrected chi connectivity index (χ3v) is 13.1. The maximum absolute atomic E-state index is 12.9. The SMILES string of the molecule is C=C(/C=C/C=C(/COCC)[C@@H]1CC[C@]2([C@@H]1O)[C@@H]1C(=C(C)C=O)[C@@H](C=C[C@H]1CCO)C[C@]2(O)CCNC)[C@H]1C/C=C(\C)[C@@H](O)N[C@@H](C)Cc2cccc(c2)C1. The number of benzene rings is 1. The van der Waals surface area contributed by atoms with Crippen molar-refractivity contribution in [2.24, 2.45) is 35.0 Å². The van der Waals surface area contributed by atoms with Crippen molar-refractivity contribution in [3.63, 3.8) is 0 Å². The molecular formula is C46H66N2O6. The van der Waals surface area contributed by atoms with Crippen molar-refractivity contribution in [1.82, 2.24) is 10.6 Å². The molecule has 1 heterocycles. The molecule has 1 aromatic rings. The molecule has 8 heteroatoms. The molecule has 4 bridgehead atoms. The van der Waals surface area contributed by atoms with Gasteiger partial charge in [0.25, 0.3) is 0 Å². The van der Waals surface area contributed by atoms with Gasteiger partial charge in [-0.1, -0.05) is 78.4 Å². The summed E-state index contributed by atoms with van der Waals surface area (Å²) in [7, 11) is 1.88. The van der Waals surface area contributed by atoms with E-state index in [1.165, 1.54) is 11.1 Å². The maximum Gasteiger partial charge on any atom is 0.145 e. The molecule has 2 fully saturated rings. The first-order valence-electron chi connectivity index (χ1n) is 20.2.